The summed E-state index contributed by atoms with van der Waals surface area (Å²) in [6.07, 6.45) is -4.73. The summed E-state index contributed by atoms with van der Waals surface area (Å²) >= 11 is 5.33. The molecular formula is C21H12BrF3N2O3S2. The van der Waals surface area contributed by atoms with Crippen LogP contribution in [0.5, 0.6) is 0 Å². The molecule has 5 nitrogen and oxygen atoms in total. The Morgan fingerprint density at radius 2 is 1.66 bits per heavy atom. The van der Waals surface area contributed by atoms with E-state index in [9.17, 15) is 27.6 Å². The van der Waals surface area contributed by atoms with Crippen LogP contribution in [0.25, 0.3) is 0 Å². The molecule has 1 aromatic heterocycles. The van der Waals surface area contributed by atoms with Crippen LogP contribution >= 0.6 is 39.0 Å². The number of anilines is 1. The molecule has 1 saturated heterocycles. The lowest BCUT2D eigenvalue weighted by Crippen LogP contribution is -2.33. The third-order valence-electron chi connectivity index (χ3n) is 5.50. The summed E-state index contributed by atoms with van der Waals surface area (Å²) < 4.78 is 41.7. The molecule has 3 heterocycles. The van der Waals surface area contributed by atoms with E-state index in [1.54, 1.807) is 24.3 Å². The van der Waals surface area contributed by atoms with Gasteiger partial charge in [-0.25, -0.2) is 4.90 Å². The van der Waals surface area contributed by atoms with Crippen molar-refractivity contribution in [3.05, 3.63) is 78.7 Å². The third-order valence-corrected chi connectivity index (χ3v) is 8.43. The number of aromatic nitrogens is 1. The molecule has 5 rings (SSSR count). The largest absolute Gasteiger partial charge is 0.418 e. The van der Waals surface area contributed by atoms with Crippen LogP contribution in [0.1, 0.15) is 21.9 Å². The Kier molecular flexibility index (Phi) is 5.10. The number of hydrogen-bond donors (Lipinski definition) is 1. The number of H-pyrrole nitrogens is 1. The number of rotatable bonds is 2. The lowest BCUT2D eigenvalue weighted by molar-refractivity contribution is -0.137. The molecule has 0 saturated carbocycles. The SMILES string of the molecule is O=C1[C@H]2[C@H](c3ccc(Br)cc3)c3sc(=O)[nH]c3S[C@H]2C(=O)N1c1ccccc1C(F)(F)F. The normalized spacial score (nSPS) is 22.8. The van der Waals surface area contributed by atoms with Crippen molar-refractivity contribution < 1.29 is 22.8 Å². The van der Waals surface area contributed by atoms with Crippen molar-refractivity contribution in [3.63, 3.8) is 0 Å². The number of nitrogens with zero attached hydrogens (tertiary/aromatic N) is 1. The molecule has 0 aliphatic carbocycles. The van der Waals surface area contributed by atoms with E-state index in [2.05, 4.69) is 20.9 Å². The van der Waals surface area contributed by atoms with E-state index >= 15 is 0 Å². The summed E-state index contributed by atoms with van der Waals surface area (Å²) in [6, 6.07) is 11.7. The van der Waals surface area contributed by atoms with Gasteiger partial charge in [-0.3, -0.25) is 14.4 Å². The summed E-state index contributed by atoms with van der Waals surface area (Å²) in [7, 11) is 0. The van der Waals surface area contributed by atoms with Gasteiger partial charge in [-0.2, -0.15) is 13.2 Å². The Labute approximate surface area is 195 Å². The van der Waals surface area contributed by atoms with Crippen molar-refractivity contribution in [1.29, 1.82) is 0 Å². The number of aromatic amines is 1. The van der Waals surface area contributed by atoms with Crippen LogP contribution in [0.2, 0.25) is 0 Å². The maximum atomic E-state index is 13.6. The van der Waals surface area contributed by atoms with Crippen molar-refractivity contribution in [1.82, 2.24) is 4.98 Å². The van der Waals surface area contributed by atoms with Gasteiger partial charge in [-0.15, -0.1) is 0 Å². The smallest absolute Gasteiger partial charge is 0.307 e. The molecule has 11 heteroatoms. The lowest BCUT2D eigenvalue weighted by Gasteiger charge is -2.29. The summed E-state index contributed by atoms with van der Waals surface area (Å²) in [5.74, 6) is -2.99. The van der Waals surface area contributed by atoms with Gasteiger partial charge in [-0.05, 0) is 29.8 Å². The van der Waals surface area contributed by atoms with Gasteiger partial charge >= 0.3 is 11.0 Å². The molecule has 2 aliphatic rings. The Balaban J connectivity index is 1.66. The van der Waals surface area contributed by atoms with Crippen LogP contribution in [0, 0.1) is 5.92 Å². The summed E-state index contributed by atoms with van der Waals surface area (Å²) in [6.45, 7) is 0. The number of amides is 2. The minimum absolute atomic E-state index is 0.316. The molecule has 0 spiro atoms. The number of thiazole rings is 1. The highest BCUT2D eigenvalue weighted by Crippen LogP contribution is 2.53. The van der Waals surface area contributed by atoms with E-state index in [4.69, 9.17) is 0 Å². The summed E-state index contributed by atoms with van der Waals surface area (Å²) in [5, 5.41) is -0.475. The van der Waals surface area contributed by atoms with Gasteiger partial charge in [0.2, 0.25) is 11.8 Å². The summed E-state index contributed by atoms with van der Waals surface area (Å²) in [4.78, 5) is 42.5. The predicted octanol–water partition coefficient (Wildman–Crippen LogP) is 5.01. The molecule has 1 N–H and O–H groups in total. The van der Waals surface area contributed by atoms with Crippen molar-refractivity contribution in [2.45, 2.75) is 22.4 Å². The first-order valence-corrected chi connectivity index (χ1v) is 11.8. The second kappa shape index (κ2) is 7.60. The van der Waals surface area contributed by atoms with Crippen LogP contribution in [-0.4, -0.2) is 22.0 Å². The molecule has 3 aromatic rings. The monoisotopic (exact) mass is 540 g/mol. The van der Waals surface area contributed by atoms with E-state index in [1.807, 2.05) is 0 Å². The molecule has 2 aromatic carbocycles. The number of hydrogen-bond acceptors (Lipinski definition) is 5. The highest BCUT2D eigenvalue weighted by Gasteiger charge is 2.57. The minimum atomic E-state index is -4.73. The zero-order chi connectivity index (χ0) is 22.8. The number of imide groups is 1. The number of fused-ring (bicyclic) bond motifs is 2. The van der Waals surface area contributed by atoms with Crippen molar-refractivity contribution in [2.75, 3.05) is 4.90 Å². The molecule has 0 unspecified atom stereocenters. The van der Waals surface area contributed by atoms with Gasteiger partial charge < -0.3 is 4.98 Å². The first kappa shape index (κ1) is 21.5. The van der Waals surface area contributed by atoms with E-state index in [1.165, 1.54) is 12.1 Å². The van der Waals surface area contributed by atoms with Crippen LogP contribution in [-0.2, 0) is 15.8 Å². The second-order valence-electron chi connectivity index (χ2n) is 7.33. The summed E-state index contributed by atoms with van der Waals surface area (Å²) in [5.41, 5.74) is -0.822. The fraction of sp³-hybridized carbons (Fsp3) is 0.190. The lowest BCUT2D eigenvalue weighted by atomic mass is 9.83. The number of carbonyl (C=O) groups is 2. The fourth-order valence-electron chi connectivity index (χ4n) is 4.19. The van der Waals surface area contributed by atoms with E-state index in [-0.39, 0.29) is 4.87 Å². The van der Waals surface area contributed by atoms with E-state index in [0.717, 1.165) is 39.7 Å². The van der Waals surface area contributed by atoms with Gasteiger partial charge in [0, 0.05) is 15.3 Å². The van der Waals surface area contributed by atoms with E-state index in [0.29, 0.717) is 20.4 Å². The Morgan fingerprint density at radius 3 is 2.34 bits per heavy atom. The van der Waals surface area contributed by atoms with Crippen molar-refractivity contribution in [3.8, 4) is 0 Å². The van der Waals surface area contributed by atoms with E-state index < -0.39 is 46.3 Å². The minimum Gasteiger partial charge on any atom is -0.307 e. The standard InChI is InChI=1S/C21H12BrF3N2O3S2/c22-10-7-5-9(6-8-10)13-14-16(31-17-15(13)32-20(30)26-17)19(29)27(18(14)28)12-4-2-1-3-11(12)21(23,24)25/h1-8,13-14,16H,(H,26,30)/t13-,14-,16+/m0/s1. The zero-order valence-electron chi connectivity index (χ0n) is 15.9. The fourth-order valence-corrected chi connectivity index (χ4v) is 6.97. The number of thioether (sulfide) groups is 1. The first-order chi connectivity index (χ1) is 15.2. The number of halogens is 4. The Hall–Kier alpha value is -2.37. The maximum Gasteiger partial charge on any atom is 0.418 e. The molecule has 164 valence electrons. The maximum absolute atomic E-state index is 13.6. The molecule has 0 bridgehead atoms. The number of para-hydroxylation sites is 1. The van der Waals surface area contributed by atoms with Gasteiger partial charge in [0.25, 0.3) is 0 Å². The third kappa shape index (κ3) is 3.34. The van der Waals surface area contributed by atoms with Crippen LogP contribution < -0.4 is 9.77 Å². The average Bonchev–Trinajstić information content (AvgIpc) is 3.23. The topological polar surface area (TPSA) is 70.2 Å². The first-order valence-electron chi connectivity index (χ1n) is 9.36. The molecule has 0 radical (unpaired) electrons. The average molecular weight is 541 g/mol. The molecule has 2 amide bonds. The molecule has 1 fully saturated rings. The van der Waals surface area contributed by atoms with Crippen molar-refractivity contribution in [2.24, 2.45) is 5.92 Å². The van der Waals surface area contributed by atoms with Crippen LogP contribution in [0.15, 0.2) is 62.8 Å². The highest BCUT2D eigenvalue weighted by molar-refractivity contribution is 9.10. The van der Waals surface area contributed by atoms with Crippen LogP contribution in [0.3, 0.4) is 0 Å². The highest BCUT2D eigenvalue weighted by atomic mass is 79.9. The van der Waals surface area contributed by atoms with Gasteiger partial charge in [0.1, 0.15) is 5.25 Å². The Morgan fingerprint density at radius 1 is 0.969 bits per heavy atom. The molecule has 32 heavy (non-hydrogen) atoms. The molecule has 3 atom stereocenters. The van der Waals surface area contributed by atoms with Crippen molar-refractivity contribution >= 4 is 56.5 Å². The van der Waals surface area contributed by atoms with Crippen LogP contribution in [0.4, 0.5) is 18.9 Å². The second-order valence-corrected chi connectivity index (χ2v) is 10.4. The molecule has 2 aliphatic heterocycles. The zero-order valence-corrected chi connectivity index (χ0v) is 19.1. The number of alkyl halides is 3. The number of carbonyl (C=O) groups excluding carboxylic acids is 2. The van der Waals surface area contributed by atoms with Gasteiger partial charge in [0.05, 0.1) is 22.2 Å². The quantitative estimate of drug-likeness (QED) is 0.463. The van der Waals surface area contributed by atoms with Gasteiger partial charge in [-0.1, -0.05) is 63.3 Å². The Bertz CT molecular complexity index is 1300. The number of nitrogens with one attached hydrogen (secondary N) is 1. The van der Waals surface area contributed by atoms with Gasteiger partial charge in [0.15, 0.2) is 0 Å². The molecular weight excluding hydrogens is 529 g/mol. The number of benzene rings is 2. The predicted molar refractivity (Wildman–Crippen MR) is 118 cm³/mol.